The van der Waals surface area contributed by atoms with E-state index in [1.54, 1.807) is 0 Å². The molecule has 94 valence electrons. The molecule has 1 rings (SSSR count). The van der Waals surface area contributed by atoms with Gasteiger partial charge in [0.15, 0.2) is 0 Å². The van der Waals surface area contributed by atoms with Crippen LogP contribution in [0.3, 0.4) is 0 Å². The summed E-state index contributed by atoms with van der Waals surface area (Å²) in [5.74, 6) is -0.147. The molecule has 0 spiro atoms. The first-order valence-corrected chi connectivity index (χ1v) is 6.20. The number of carbonyl (C=O) groups is 1. The molecule has 16 heavy (non-hydrogen) atoms. The molecule has 0 radical (unpaired) electrons. The van der Waals surface area contributed by atoms with Crippen LogP contribution in [0.1, 0.15) is 59.8 Å². The number of aliphatic hydroxyl groups is 1. The third-order valence-corrected chi connectivity index (χ3v) is 3.69. The molecule has 0 amide bonds. The Morgan fingerprint density at radius 2 is 2.19 bits per heavy atom. The largest absolute Gasteiger partial charge is 0.459 e. The van der Waals surface area contributed by atoms with E-state index in [1.807, 2.05) is 27.7 Å². The van der Waals surface area contributed by atoms with E-state index in [2.05, 4.69) is 0 Å². The molecule has 1 aliphatic carbocycles. The molecule has 1 fully saturated rings. The minimum atomic E-state index is -0.471. The molecule has 2 atom stereocenters. The van der Waals surface area contributed by atoms with E-state index in [9.17, 15) is 9.90 Å². The van der Waals surface area contributed by atoms with Crippen molar-refractivity contribution in [3.63, 3.8) is 0 Å². The SMILES string of the molecule is CCC(C)(C)C(=O)OC1(C)CCC[C@H](O)C1. The van der Waals surface area contributed by atoms with Gasteiger partial charge in [-0.2, -0.15) is 0 Å². The van der Waals surface area contributed by atoms with Gasteiger partial charge in [0, 0.05) is 6.42 Å². The molecule has 3 heteroatoms. The third kappa shape index (κ3) is 3.21. The number of hydrogen-bond donors (Lipinski definition) is 1. The van der Waals surface area contributed by atoms with Crippen molar-refractivity contribution in [3.8, 4) is 0 Å². The number of rotatable bonds is 3. The molecule has 0 bridgehead atoms. The van der Waals surface area contributed by atoms with E-state index in [4.69, 9.17) is 4.74 Å². The van der Waals surface area contributed by atoms with Crippen molar-refractivity contribution < 1.29 is 14.6 Å². The molecule has 3 nitrogen and oxygen atoms in total. The van der Waals surface area contributed by atoms with Gasteiger partial charge in [0.05, 0.1) is 11.5 Å². The first-order chi connectivity index (χ1) is 7.29. The summed E-state index contributed by atoms with van der Waals surface area (Å²) in [4.78, 5) is 12.0. The van der Waals surface area contributed by atoms with Gasteiger partial charge in [0.1, 0.15) is 5.60 Å². The molecule has 1 aliphatic rings. The Labute approximate surface area is 98.2 Å². The van der Waals surface area contributed by atoms with Crippen molar-refractivity contribution in [2.24, 2.45) is 5.41 Å². The van der Waals surface area contributed by atoms with Crippen LogP contribution >= 0.6 is 0 Å². The molecule has 0 aromatic heterocycles. The fourth-order valence-corrected chi connectivity index (χ4v) is 2.01. The van der Waals surface area contributed by atoms with Gasteiger partial charge in [-0.05, 0) is 46.5 Å². The van der Waals surface area contributed by atoms with Crippen LogP contribution in [-0.2, 0) is 9.53 Å². The predicted molar refractivity (Wildman–Crippen MR) is 63.0 cm³/mol. The van der Waals surface area contributed by atoms with Gasteiger partial charge in [-0.3, -0.25) is 4.79 Å². The lowest BCUT2D eigenvalue weighted by Crippen LogP contribution is -2.42. The van der Waals surface area contributed by atoms with Gasteiger partial charge < -0.3 is 9.84 Å². The number of esters is 1. The van der Waals surface area contributed by atoms with Crippen LogP contribution in [0, 0.1) is 5.41 Å². The third-order valence-electron chi connectivity index (χ3n) is 3.69. The molecule has 1 N–H and O–H groups in total. The van der Waals surface area contributed by atoms with Crippen LogP contribution < -0.4 is 0 Å². The van der Waals surface area contributed by atoms with E-state index in [0.717, 1.165) is 25.7 Å². The molecule has 1 unspecified atom stereocenters. The second-order valence-electron chi connectivity index (χ2n) is 5.83. The van der Waals surface area contributed by atoms with Crippen molar-refractivity contribution >= 4 is 5.97 Å². The number of carbonyl (C=O) groups excluding carboxylic acids is 1. The van der Waals surface area contributed by atoms with Crippen molar-refractivity contribution in [2.75, 3.05) is 0 Å². The highest BCUT2D eigenvalue weighted by molar-refractivity contribution is 5.76. The maximum absolute atomic E-state index is 12.0. The second-order valence-corrected chi connectivity index (χ2v) is 5.83. The van der Waals surface area contributed by atoms with Crippen LogP contribution in [0.4, 0.5) is 0 Å². The average Bonchev–Trinajstić information content (AvgIpc) is 2.16. The molecule has 0 saturated heterocycles. The van der Waals surface area contributed by atoms with Gasteiger partial charge in [0.2, 0.25) is 0 Å². The summed E-state index contributed by atoms with van der Waals surface area (Å²) in [6.45, 7) is 7.72. The van der Waals surface area contributed by atoms with Crippen molar-refractivity contribution in [2.45, 2.75) is 71.5 Å². The van der Waals surface area contributed by atoms with Gasteiger partial charge in [0.25, 0.3) is 0 Å². The van der Waals surface area contributed by atoms with Crippen LogP contribution in [-0.4, -0.2) is 22.8 Å². The van der Waals surface area contributed by atoms with Gasteiger partial charge in [-0.1, -0.05) is 6.92 Å². The summed E-state index contributed by atoms with van der Waals surface area (Å²) in [6.07, 6.45) is 3.62. The molecular formula is C13H24O3. The van der Waals surface area contributed by atoms with Crippen LogP contribution in [0.25, 0.3) is 0 Å². The normalized spacial score (nSPS) is 31.2. The standard InChI is InChI=1S/C13H24O3/c1-5-12(2,3)11(15)16-13(4)8-6-7-10(14)9-13/h10,14H,5-9H2,1-4H3/t10-,13?/m0/s1. The molecule has 1 saturated carbocycles. The average molecular weight is 228 g/mol. The Balaban J connectivity index is 2.62. The maximum Gasteiger partial charge on any atom is 0.312 e. The highest BCUT2D eigenvalue weighted by Crippen LogP contribution is 2.34. The van der Waals surface area contributed by atoms with Crippen LogP contribution in [0.5, 0.6) is 0 Å². The summed E-state index contributed by atoms with van der Waals surface area (Å²) < 4.78 is 5.61. The van der Waals surface area contributed by atoms with Crippen molar-refractivity contribution in [1.29, 1.82) is 0 Å². The highest BCUT2D eigenvalue weighted by atomic mass is 16.6. The maximum atomic E-state index is 12.0. The van der Waals surface area contributed by atoms with Gasteiger partial charge >= 0.3 is 5.97 Å². The van der Waals surface area contributed by atoms with E-state index in [1.165, 1.54) is 0 Å². The highest BCUT2D eigenvalue weighted by Gasteiger charge is 2.38. The number of aliphatic hydroxyl groups excluding tert-OH is 1. The Kier molecular flexibility index (Phi) is 4.00. The summed E-state index contributed by atoms with van der Waals surface area (Å²) in [7, 11) is 0. The Morgan fingerprint density at radius 1 is 1.56 bits per heavy atom. The number of hydrogen-bond acceptors (Lipinski definition) is 3. The predicted octanol–water partition coefficient (Wildman–Crippen LogP) is 2.66. The zero-order valence-corrected chi connectivity index (χ0v) is 10.9. The Hall–Kier alpha value is -0.570. The zero-order valence-electron chi connectivity index (χ0n) is 10.9. The monoisotopic (exact) mass is 228 g/mol. The van der Waals surface area contributed by atoms with E-state index in [0.29, 0.717) is 6.42 Å². The first-order valence-electron chi connectivity index (χ1n) is 6.20. The lowest BCUT2D eigenvalue weighted by atomic mass is 9.83. The summed E-state index contributed by atoms with van der Waals surface area (Å²) in [6, 6.07) is 0. The van der Waals surface area contributed by atoms with Gasteiger partial charge in [-0.25, -0.2) is 0 Å². The minimum absolute atomic E-state index is 0.147. The Morgan fingerprint density at radius 3 is 2.69 bits per heavy atom. The molecule has 0 aromatic carbocycles. The molecule has 0 aliphatic heterocycles. The zero-order chi connectivity index (χ0) is 12.4. The van der Waals surface area contributed by atoms with E-state index in [-0.39, 0.29) is 12.1 Å². The molecule has 0 aromatic rings. The van der Waals surface area contributed by atoms with Crippen molar-refractivity contribution in [1.82, 2.24) is 0 Å². The van der Waals surface area contributed by atoms with Crippen molar-refractivity contribution in [3.05, 3.63) is 0 Å². The molecular weight excluding hydrogens is 204 g/mol. The lowest BCUT2D eigenvalue weighted by molar-refractivity contribution is -0.175. The summed E-state index contributed by atoms with van der Waals surface area (Å²) >= 11 is 0. The summed E-state index contributed by atoms with van der Waals surface area (Å²) in [5, 5.41) is 9.63. The van der Waals surface area contributed by atoms with Crippen LogP contribution in [0.2, 0.25) is 0 Å². The summed E-state index contributed by atoms with van der Waals surface area (Å²) in [5.41, 5.74) is -0.896. The topological polar surface area (TPSA) is 46.5 Å². The first kappa shape index (κ1) is 13.5. The quantitative estimate of drug-likeness (QED) is 0.755. The fraction of sp³-hybridized carbons (Fsp3) is 0.923. The smallest absolute Gasteiger partial charge is 0.312 e. The Bertz CT molecular complexity index is 260. The van der Waals surface area contributed by atoms with Gasteiger partial charge in [-0.15, -0.1) is 0 Å². The lowest BCUT2D eigenvalue weighted by Gasteiger charge is -2.38. The van der Waals surface area contributed by atoms with Crippen LogP contribution in [0.15, 0.2) is 0 Å². The molecule has 0 heterocycles. The second kappa shape index (κ2) is 4.74. The van der Waals surface area contributed by atoms with E-state index < -0.39 is 11.0 Å². The number of ether oxygens (including phenoxy) is 1. The van der Waals surface area contributed by atoms with E-state index >= 15 is 0 Å². The fourth-order valence-electron chi connectivity index (χ4n) is 2.01. The minimum Gasteiger partial charge on any atom is -0.459 e.